The van der Waals surface area contributed by atoms with Crippen LogP contribution in [0, 0.1) is 11.3 Å². The molecular weight excluding hydrogens is 290 g/mol. The minimum absolute atomic E-state index is 0.431. The summed E-state index contributed by atoms with van der Waals surface area (Å²) in [7, 11) is 0. The Morgan fingerprint density at radius 1 is 0.957 bits per heavy atom. The Morgan fingerprint density at radius 3 is 2.48 bits per heavy atom. The minimum atomic E-state index is 0.431. The summed E-state index contributed by atoms with van der Waals surface area (Å²) in [5.41, 5.74) is 7.03. The fourth-order valence-corrected chi connectivity index (χ4v) is 1.95. The zero-order valence-corrected chi connectivity index (χ0v) is 12.1. The van der Waals surface area contributed by atoms with E-state index in [0.29, 0.717) is 28.7 Å². The highest BCUT2D eigenvalue weighted by atomic mass is 16.5. The largest absolute Gasteiger partial charge is 0.457 e. The normalized spacial score (nSPS) is 9.87. The fourth-order valence-electron chi connectivity index (χ4n) is 1.95. The van der Waals surface area contributed by atoms with Gasteiger partial charge in [0.25, 0.3) is 0 Å². The standard InChI is InChI=1S/C17H13N5O/c18-11-12-1-3-14(4-2-12)23-15-6-8-21-17(10-15)22-13-5-7-20-16(19)9-13/h1-10H,(H3,19,20,21,22). The second kappa shape index (κ2) is 6.45. The Balaban J connectivity index is 1.75. The number of rotatable bonds is 4. The molecule has 3 rings (SSSR count). The van der Waals surface area contributed by atoms with E-state index in [9.17, 15) is 0 Å². The quantitative estimate of drug-likeness (QED) is 0.766. The van der Waals surface area contributed by atoms with Crippen LogP contribution in [-0.2, 0) is 0 Å². The number of aromatic nitrogens is 2. The molecule has 0 radical (unpaired) electrons. The van der Waals surface area contributed by atoms with Crippen LogP contribution >= 0.6 is 0 Å². The molecule has 2 heterocycles. The van der Waals surface area contributed by atoms with E-state index < -0.39 is 0 Å². The Kier molecular flexibility index (Phi) is 4.03. The van der Waals surface area contributed by atoms with Crippen molar-refractivity contribution in [1.29, 1.82) is 5.26 Å². The van der Waals surface area contributed by atoms with Crippen LogP contribution in [0.1, 0.15) is 5.56 Å². The topological polar surface area (TPSA) is 96.8 Å². The molecule has 0 bridgehead atoms. The summed E-state index contributed by atoms with van der Waals surface area (Å²) in [6, 6.07) is 16.0. The SMILES string of the molecule is N#Cc1ccc(Oc2ccnc(Nc3ccnc(N)c3)c2)cc1. The molecule has 1 aromatic carbocycles. The van der Waals surface area contributed by atoms with Gasteiger partial charge in [-0.15, -0.1) is 0 Å². The van der Waals surface area contributed by atoms with Crippen molar-refractivity contribution in [3.63, 3.8) is 0 Å². The number of nitrogens with two attached hydrogens (primary N) is 1. The first-order valence-corrected chi connectivity index (χ1v) is 6.85. The zero-order valence-electron chi connectivity index (χ0n) is 12.1. The number of hydrogen-bond acceptors (Lipinski definition) is 6. The molecule has 0 spiro atoms. The van der Waals surface area contributed by atoms with Gasteiger partial charge in [0.05, 0.1) is 11.6 Å². The molecule has 0 atom stereocenters. The summed E-state index contributed by atoms with van der Waals surface area (Å²) >= 11 is 0. The lowest BCUT2D eigenvalue weighted by Gasteiger charge is -2.09. The Labute approximate surface area is 133 Å². The Morgan fingerprint density at radius 2 is 1.74 bits per heavy atom. The van der Waals surface area contributed by atoms with Gasteiger partial charge in [0.1, 0.15) is 23.1 Å². The smallest absolute Gasteiger partial charge is 0.134 e. The van der Waals surface area contributed by atoms with E-state index in [1.807, 2.05) is 0 Å². The van der Waals surface area contributed by atoms with Gasteiger partial charge in [0.2, 0.25) is 0 Å². The average Bonchev–Trinajstić information content (AvgIpc) is 2.56. The van der Waals surface area contributed by atoms with Crippen molar-refractivity contribution < 1.29 is 4.74 Å². The highest BCUT2D eigenvalue weighted by Crippen LogP contribution is 2.24. The van der Waals surface area contributed by atoms with Crippen LogP contribution < -0.4 is 15.8 Å². The van der Waals surface area contributed by atoms with E-state index in [4.69, 9.17) is 15.7 Å². The lowest BCUT2D eigenvalue weighted by atomic mass is 10.2. The molecule has 23 heavy (non-hydrogen) atoms. The maximum atomic E-state index is 8.79. The van der Waals surface area contributed by atoms with E-state index in [2.05, 4.69) is 21.4 Å². The number of hydrogen-bond donors (Lipinski definition) is 2. The third-order valence-electron chi connectivity index (χ3n) is 3.00. The van der Waals surface area contributed by atoms with Crippen LogP contribution in [0.3, 0.4) is 0 Å². The van der Waals surface area contributed by atoms with Gasteiger partial charge in [-0.25, -0.2) is 9.97 Å². The Bertz CT molecular complexity index is 855. The summed E-state index contributed by atoms with van der Waals surface area (Å²) in [4.78, 5) is 8.18. The van der Waals surface area contributed by atoms with E-state index in [1.54, 1.807) is 60.9 Å². The third-order valence-corrected chi connectivity index (χ3v) is 3.00. The summed E-state index contributed by atoms with van der Waals surface area (Å²) in [5.74, 6) is 2.34. The molecule has 0 fully saturated rings. The van der Waals surface area contributed by atoms with Gasteiger partial charge in [0.15, 0.2) is 0 Å². The Hall–Kier alpha value is -3.59. The van der Waals surface area contributed by atoms with Crippen molar-refractivity contribution in [2.24, 2.45) is 0 Å². The van der Waals surface area contributed by atoms with E-state index in [1.165, 1.54) is 0 Å². The van der Waals surface area contributed by atoms with Crippen LogP contribution in [0.25, 0.3) is 0 Å². The van der Waals surface area contributed by atoms with Gasteiger partial charge in [-0.1, -0.05) is 0 Å². The van der Waals surface area contributed by atoms with Gasteiger partial charge in [-0.2, -0.15) is 5.26 Å². The fraction of sp³-hybridized carbons (Fsp3) is 0. The molecule has 0 unspecified atom stereocenters. The van der Waals surface area contributed by atoms with Crippen LogP contribution in [0.5, 0.6) is 11.5 Å². The lowest BCUT2D eigenvalue weighted by Crippen LogP contribution is -1.96. The van der Waals surface area contributed by atoms with E-state index >= 15 is 0 Å². The number of nitrogens with one attached hydrogen (secondary N) is 1. The predicted molar refractivity (Wildman–Crippen MR) is 87.4 cm³/mol. The van der Waals surface area contributed by atoms with Crippen LogP contribution in [0.15, 0.2) is 60.9 Å². The molecule has 6 heteroatoms. The van der Waals surface area contributed by atoms with E-state index in [0.717, 1.165) is 5.69 Å². The number of pyridine rings is 2. The van der Waals surface area contributed by atoms with E-state index in [-0.39, 0.29) is 0 Å². The second-order valence-corrected chi connectivity index (χ2v) is 4.71. The van der Waals surface area contributed by atoms with Gasteiger partial charge in [-0.05, 0) is 36.4 Å². The number of ether oxygens (including phenoxy) is 1. The first kappa shape index (κ1) is 14.4. The number of nitriles is 1. The van der Waals surface area contributed by atoms with Crippen molar-refractivity contribution in [1.82, 2.24) is 9.97 Å². The van der Waals surface area contributed by atoms with Gasteiger partial charge >= 0.3 is 0 Å². The van der Waals surface area contributed by atoms with Crippen LogP contribution in [0.2, 0.25) is 0 Å². The molecule has 0 amide bonds. The average molecular weight is 303 g/mol. The van der Waals surface area contributed by atoms with Gasteiger partial charge in [-0.3, -0.25) is 0 Å². The molecular formula is C17H13N5O. The van der Waals surface area contributed by atoms with Crippen molar-refractivity contribution in [2.75, 3.05) is 11.1 Å². The summed E-state index contributed by atoms with van der Waals surface area (Å²) in [6.45, 7) is 0. The van der Waals surface area contributed by atoms with Gasteiger partial charge in [0, 0.05) is 30.2 Å². The number of anilines is 3. The highest BCUT2D eigenvalue weighted by molar-refractivity contribution is 5.60. The molecule has 2 aromatic heterocycles. The van der Waals surface area contributed by atoms with Crippen molar-refractivity contribution in [3.8, 4) is 17.6 Å². The zero-order chi connectivity index (χ0) is 16.1. The van der Waals surface area contributed by atoms with Crippen molar-refractivity contribution in [2.45, 2.75) is 0 Å². The van der Waals surface area contributed by atoms with Crippen molar-refractivity contribution in [3.05, 3.63) is 66.5 Å². The number of nitrogens with zero attached hydrogens (tertiary/aromatic N) is 3. The first-order chi connectivity index (χ1) is 11.2. The highest BCUT2D eigenvalue weighted by Gasteiger charge is 2.02. The monoisotopic (exact) mass is 303 g/mol. The van der Waals surface area contributed by atoms with Gasteiger partial charge < -0.3 is 15.8 Å². The maximum Gasteiger partial charge on any atom is 0.134 e. The summed E-state index contributed by atoms with van der Waals surface area (Å²) in [6.07, 6.45) is 3.26. The number of nitrogen functional groups attached to an aromatic ring is 1. The molecule has 112 valence electrons. The van der Waals surface area contributed by atoms with Crippen LogP contribution in [0.4, 0.5) is 17.3 Å². The number of benzene rings is 1. The molecule has 6 nitrogen and oxygen atoms in total. The molecule has 0 saturated carbocycles. The summed E-state index contributed by atoms with van der Waals surface area (Å²) < 4.78 is 5.75. The van der Waals surface area contributed by atoms with Crippen molar-refractivity contribution >= 4 is 17.3 Å². The molecule has 3 N–H and O–H groups in total. The lowest BCUT2D eigenvalue weighted by molar-refractivity contribution is 0.482. The first-order valence-electron chi connectivity index (χ1n) is 6.85. The van der Waals surface area contributed by atoms with Crippen LogP contribution in [-0.4, -0.2) is 9.97 Å². The predicted octanol–water partition coefficient (Wildman–Crippen LogP) is 3.47. The molecule has 0 aliphatic rings. The molecule has 3 aromatic rings. The molecule has 0 saturated heterocycles. The second-order valence-electron chi connectivity index (χ2n) is 4.71. The third kappa shape index (κ3) is 3.74. The summed E-state index contributed by atoms with van der Waals surface area (Å²) in [5, 5.41) is 11.9. The maximum absolute atomic E-state index is 8.79. The molecule has 0 aliphatic heterocycles. The molecule has 0 aliphatic carbocycles. The minimum Gasteiger partial charge on any atom is -0.457 e.